The molecule has 1 aromatic heterocycles. The number of rotatable bonds is 14. The number of aromatic nitrogens is 1. The Balaban J connectivity index is 1.71. The largest absolute Gasteiger partial charge is 0.461 e. The van der Waals surface area contributed by atoms with Gasteiger partial charge in [0.15, 0.2) is 11.6 Å². The van der Waals surface area contributed by atoms with Crippen LogP contribution in [0.15, 0.2) is 36.4 Å². The number of para-hydroxylation sites is 1. The number of hydrogen-bond donors (Lipinski definition) is 0. The summed E-state index contributed by atoms with van der Waals surface area (Å²) in [5.74, 6) is -2.67. The van der Waals surface area contributed by atoms with Crippen LogP contribution in [-0.2, 0) is 4.74 Å². The molecule has 2 aromatic rings. The molecule has 0 saturated heterocycles. The highest BCUT2D eigenvalue weighted by atomic mass is 35.5. The Morgan fingerprint density at radius 1 is 0.844 bits per heavy atom. The summed E-state index contributed by atoms with van der Waals surface area (Å²) in [6, 6.07) is 8.25. The van der Waals surface area contributed by atoms with E-state index in [9.17, 15) is 14.0 Å². The van der Waals surface area contributed by atoms with Crippen molar-refractivity contribution >= 4 is 23.5 Å². The van der Waals surface area contributed by atoms with E-state index in [0.29, 0.717) is 6.61 Å². The lowest BCUT2D eigenvalue weighted by atomic mass is 10.1. The first-order chi connectivity index (χ1) is 15.5. The van der Waals surface area contributed by atoms with Gasteiger partial charge in [-0.15, -0.1) is 0 Å². The molecule has 0 amide bonds. The number of ether oxygens (including phenoxy) is 2. The van der Waals surface area contributed by atoms with Crippen LogP contribution in [0, 0.1) is 5.82 Å². The third kappa shape index (κ3) is 8.95. The molecule has 0 saturated carbocycles. The first-order valence-electron chi connectivity index (χ1n) is 11.3. The van der Waals surface area contributed by atoms with Crippen molar-refractivity contribution in [2.45, 2.75) is 71.1 Å². The average molecular weight is 464 g/mol. The zero-order valence-corrected chi connectivity index (χ0v) is 19.3. The number of unbranched alkanes of at least 4 members (excludes halogenated alkanes) is 9. The summed E-state index contributed by atoms with van der Waals surface area (Å²) in [6.45, 7) is 2.52. The minimum atomic E-state index is -0.915. The maximum atomic E-state index is 13.8. The Hall–Kier alpha value is -2.47. The fourth-order valence-electron chi connectivity index (χ4n) is 3.22. The van der Waals surface area contributed by atoms with Gasteiger partial charge in [-0.1, -0.05) is 88.4 Å². The van der Waals surface area contributed by atoms with Crippen LogP contribution in [-0.4, -0.2) is 23.5 Å². The molecule has 0 aliphatic carbocycles. The maximum absolute atomic E-state index is 13.8. The molecule has 0 bridgehead atoms. The molecule has 1 heterocycles. The van der Waals surface area contributed by atoms with Crippen molar-refractivity contribution in [3.05, 3.63) is 58.6 Å². The lowest BCUT2D eigenvalue weighted by Crippen LogP contribution is -2.15. The Morgan fingerprint density at radius 3 is 2.03 bits per heavy atom. The van der Waals surface area contributed by atoms with Gasteiger partial charge >= 0.3 is 11.9 Å². The second-order valence-corrected chi connectivity index (χ2v) is 8.07. The SMILES string of the molecule is CCCCCCCCCCCCOC(=O)c1cccc(C(=O)Oc2c(F)cccc2Cl)n1. The second-order valence-electron chi connectivity index (χ2n) is 7.67. The monoisotopic (exact) mass is 463 g/mol. The molecule has 0 aliphatic heterocycles. The molecule has 0 unspecified atom stereocenters. The van der Waals surface area contributed by atoms with Crippen molar-refractivity contribution in [3.8, 4) is 5.75 Å². The third-order valence-corrected chi connectivity index (χ3v) is 5.31. The molecule has 2 rings (SSSR count). The van der Waals surface area contributed by atoms with Gasteiger partial charge in [-0.05, 0) is 30.7 Å². The summed E-state index contributed by atoms with van der Waals surface area (Å²) < 4.78 is 24.1. The zero-order chi connectivity index (χ0) is 23.2. The van der Waals surface area contributed by atoms with Crippen LogP contribution in [0.3, 0.4) is 0 Å². The summed E-state index contributed by atoms with van der Waals surface area (Å²) in [7, 11) is 0. The number of carbonyl (C=O) groups excluding carboxylic acids is 2. The van der Waals surface area contributed by atoms with Crippen molar-refractivity contribution in [3.63, 3.8) is 0 Å². The Labute approximate surface area is 194 Å². The van der Waals surface area contributed by atoms with Crippen molar-refractivity contribution < 1.29 is 23.5 Å². The van der Waals surface area contributed by atoms with E-state index in [2.05, 4.69) is 11.9 Å². The van der Waals surface area contributed by atoms with Crippen LogP contribution < -0.4 is 4.74 Å². The van der Waals surface area contributed by atoms with Crippen LogP contribution >= 0.6 is 11.6 Å². The van der Waals surface area contributed by atoms with Crippen LogP contribution in [0.25, 0.3) is 0 Å². The summed E-state index contributed by atoms with van der Waals surface area (Å²) in [4.78, 5) is 28.5. The number of esters is 2. The zero-order valence-electron chi connectivity index (χ0n) is 18.6. The highest BCUT2D eigenvalue weighted by molar-refractivity contribution is 6.32. The normalized spacial score (nSPS) is 10.7. The molecule has 0 fully saturated rings. The molecule has 1 aromatic carbocycles. The number of benzene rings is 1. The van der Waals surface area contributed by atoms with Crippen LogP contribution in [0.5, 0.6) is 5.75 Å². The van der Waals surface area contributed by atoms with Gasteiger partial charge in [-0.25, -0.2) is 19.0 Å². The van der Waals surface area contributed by atoms with Gasteiger partial charge in [0.2, 0.25) is 0 Å². The van der Waals surface area contributed by atoms with E-state index in [1.54, 1.807) is 0 Å². The second kappa shape index (κ2) is 14.6. The van der Waals surface area contributed by atoms with Gasteiger partial charge in [-0.2, -0.15) is 0 Å². The van der Waals surface area contributed by atoms with Gasteiger partial charge < -0.3 is 9.47 Å². The summed E-state index contributed by atoms with van der Waals surface area (Å²) in [5, 5.41) is -0.0367. The Bertz CT molecular complexity index is 855. The molecule has 5 nitrogen and oxygen atoms in total. The van der Waals surface area contributed by atoms with Gasteiger partial charge in [0.05, 0.1) is 11.6 Å². The topological polar surface area (TPSA) is 65.5 Å². The molecule has 32 heavy (non-hydrogen) atoms. The van der Waals surface area contributed by atoms with E-state index in [4.69, 9.17) is 21.1 Å². The van der Waals surface area contributed by atoms with Gasteiger partial charge in [0.25, 0.3) is 0 Å². The first kappa shape index (κ1) is 25.8. The Kier molecular flexibility index (Phi) is 11.7. The van der Waals surface area contributed by atoms with E-state index in [1.807, 2.05) is 0 Å². The fraction of sp³-hybridized carbons (Fsp3) is 0.480. The van der Waals surface area contributed by atoms with Crippen molar-refractivity contribution in [1.29, 1.82) is 0 Å². The molecule has 0 N–H and O–H groups in total. The van der Waals surface area contributed by atoms with Gasteiger partial charge in [0.1, 0.15) is 11.4 Å². The predicted molar refractivity (Wildman–Crippen MR) is 123 cm³/mol. The quantitative estimate of drug-likeness (QED) is 0.169. The number of hydrogen-bond acceptors (Lipinski definition) is 5. The molecule has 174 valence electrons. The van der Waals surface area contributed by atoms with Crippen molar-refractivity contribution in [2.24, 2.45) is 0 Å². The minimum absolute atomic E-state index is 0.00819. The highest BCUT2D eigenvalue weighted by Gasteiger charge is 2.18. The number of carbonyl (C=O) groups is 2. The lowest BCUT2D eigenvalue weighted by molar-refractivity contribution is 0.0490. The lowest BCUT2D eigenvalue weighted by Gasteiger charge is -2.08. The van der Waals surface area contributed by atoms with Crippen LogP contribution in [0.2, 0.25) is 5.02 Å². The molecular weight excluding hydrogens is 433 g/mol. The van der Waals surface area contributed by atoms with E-state index in [0.717, 1.165) is 25.3 Å². The molecular formula is C25H31ClFNO4. The van der Waals surface area contributed by atoms with Crippen molar-refractivity contribution in [2.75, 3.05) is 6.61 Å². The molecule has 0 radical (unpaired) electrons. The average Bonchev–Trinajstić information content (AvgIpc) is 2.79. The summed E-state index contributed by atoms with van der Waals surface area (Å²) >= 11 is 5.87. The summed E-state index contributed by atoms with van der Waals surface area (Å²) in [6.07, 6.45) is 11.9. The van der Waals surface area contributed by atoms with E-state index >= 15 is 0 Å². The molecule has 0 spiro atoms. The number of halogens is 2. The van der Waals surface area contributed by atoms with E-state index < -0.39 is 17.8 Å². The smallest absolute Gasteiger partial charge is 0.362 e. The fourth-order valence-corrected chi connectivity index (χ4v) is 3.42. The number of nitrogens with zero attached hydrogens (tertiary/aromatic N) is 1. The van der Waals surface area contributed by atoms with E-state index in [1.165, 1.54) is 75.3 Å². The van der Waals surface area contributed by atoms with Gasteiger partial charge in [0, 0.05) is 0 Å². The van der Waals surface area contributed by atoms with Gasteiger partial charge in [-0.3, -0.25) is 0 Å². The van der Waals surface area contributed by atoms with E-state index in [-0.39, 0.29) is 22.2 Å². The predicted octanol–water partition coefficient (Wildman–Crippen LogP) is 7.17. The van der Waals surface area contributed by atoms with Crippen LogP contribution in [0.1, 0.15) is 92.1 Å². The third-order valence-electron chi connectivity index (χ3n) is 5.01. The summed E-state index contributed by atoms with van der Waals surface area (Å²) in [5.41, 5.74) is -0.149. The maximum Gasteiger partial charge on any atom is 0.362 e. The standard InChI is InChI=1S/C25H31ClFNO4/c1-2-3-4-5-6-7-8-9-10-11-18-31-24(29)21-16-13-17-22(28-21)25(30)32-23-19(26)14-12-15-20(23)27/h12-17H,2-11,18H2,1H3. The Morgan fingerprint density at radius 2 is 1.41 bits per heavy atom. The van der Waals surface area contributed by atoms with Crippen LogP contribution in [0.4, 0.5) is 4.39 Å². The molecule has 7 heteroatoms. The highest BCUT2D eigenvalue weighted by Crippen LogP contribution is 2.27. The minimum Gasteiger partial charge on any atom is -0.461 e. The molecule has 0 atom stereocenters. The first-order valence-corrected chi connectivity index (χ1v) is 11.7. The number of pyridine rings is 1. The molecule has 0 aliphatic rings. The van der Waals surface area contributed by atoms with Crippen molar-refractivity contribution in [1.82, 2.24) is 4.98 Å².